The summed E-state index contributed by atoms with van der Waals surface area (Å²) in [4.78, 5) is 28.3. The highest BCUT2D eigenvalue weighted by atomic mass is 79.9. The number of likely N-dealkylation sites (N-methyl/N-ethyl adjacent to an activating group) is 1. The van der Waals surface area contributed by atoms with E-state index in [-0.39, 0.29) is 18.4 Å². The standard InChI is InChI=1S/C11H10BrN3O2/c1-15-6-9(16)13-11(15)14-10(17)7-2-4-8(12)5-3-7/h2-5H,6H2,1H3,(H,13,14,16,17). The van der Waals surface area contributed by atoms with Gasteiger partial charge >= 0.3 is 0 Å². The van der Waals surface area contributed by atoms with Crippen LogP contribution < -0.4 is 5.32 Å². The Labute approximate surface area is 107 Å². The summed E-state index contributed by atoms with van der Waals surface area (Å²) >= 11 is 3.29. The molecule has 1 aliphatic rings. The van der Waals surface area contributed by atoms with Crippen molar-refractivity contribution in [2.45, 2.75) is 0 Å². The summed E-state index contributed by atoms with van der Waals surface area (Å²) in [6.07, 6.45) is 0. The van der Waals surface area contributed by atoms with Crippen molar-refractivity contribution in [1.82, 2.24) is 10.2 Å². The van der Waals surface area contributed by atoms with Crippen LogP contribution >= 0.6 is 15.9 Å². The molecule has 0 aliphatic carbocycles. The molecule has 1 saturated heterocycles. The second kappa shape index (κ2) is 4.67. The predicted molar refractivity (Wildman–Crippen MR) is 66.7 cm³/mol. The Morgan fingerprint density at radius 1 is 1.41 bits per heavy atom. The maximum atomic E-state index is 11.8. The molecule has 5 nitrogen and oxygen atoms in total. The minimum atomic E-state index is -0.374. The number of carbonyl (C=O) groups is 2. The molecule has 0 unspecified atom stereocenters. The minimum Gasteiger partial charge on any atom is -0.336 e. The molecule has 1 aromatic carbocycles. The van der Waals surface area contributed by atoms with Gasteiger partial charge in [0.2, 0.25) is 11.9 Å². The van der Waals surface area contributed by atoms with Crippen molar-refractivity contribution in [3.05, 3.63) is 34.3 Å². The minimum absolute atomic E-state index is 0.158. The zero-order chi connectivity index (χ0) is 12.4. The molecule has 2 rings (SSSR count). The Balaban J connectivity index is 2.19. The Morgan fingerprint density at radius 2 is 2.06 bits per heavy atom. The SMILES string of the molecule is CN1CC(=O)NC1=NC(=O)c1ccc(Br)cc1. The number of rotatable bonds is 1. The molecular formula is C11H10BrN3O2. The lowest BCUT2D eigenvalue weighted by Gasteiger charge is -2.07. The van der Waals surface area contributed by atoms with Crippen LogP contribution in [-0.2, 0) is 4.79 Å². The van der Waals surface area contributed by atoms with Crippen molar-refractivity contribution in [2.75, 3.05) is 13.6 Å². The number of aliphatic imine (C=N–C) groups is 1. The van der Waals surface area contributed by atoms with Gasteiger partial charge in [-0.25, -0.2) is 0 Å². The third-order valence-electron chi connectivity index (χ3n) is 2.29. The number of benzene rings is 1. The van der Waals surface area contributed by atoms with Gasteiger partial charge in [0.25, 0.3) is 5.91 Å². The van der Waals surface area contributed by atoms with Crippen LogP contribution in [0.4, 0.5) is 0 Å². The van der Waals surface area contributed by atoms with Crippen LogP contribution in [0, 0.1) is 0 Å². The van der Waals surface area contributed by atoms with E-state index in [1.54, 1.807) is 36.2 Å². The molecule has 0 aromatic heterocycles. The van der Waals surface area contributed by atoms with E-state index < -0.39 is 0 Å². The fourth-order valence-electron chi connectivity index (χ4n) is 1.42. The van der Waals surface area contributed by atoms with Crippen molar-refractivity contribution in [3.8, 4) is 0 Å². The van der Waals surface area contributed by atoms with Crippen LogP contribution in [0.25, 0.3) is 0 Å². The number of nitrogens with zero attached hydrogens (tertiary/aromatic N) is 2. The zero-order valence-corrected chi connectivity index (χ0v) is 10.7. The quantitative estimate of drug-likeness (QED) is 0.841. The highest BCUT2D eigenvalue weighted by molar-refractivity contribution is 9.10. The molecule has 1 fully saturated rings. The molecule has 1 aliphatic heterocycles. The number of hydrogen-bond acceptors (Lipinski definition) is 2. The number of nitrogens with one attached hydrogen (secondary N) is 1. The summed E-state index contributed by atoms with van der Waals surface area (Å²) in [6, 6.07) is 6.88. The molecule has 0 atom stereocenters. The Hall–Kier alpha value is -1.69. The normalized spacial score (nSPS) is 17.4. The monoisotopic (exact) mass is 295 g/mol. The number of carbonyl (C=O) groups excluding carboxylic acids is 2. The van der Waals surface area contributed by atoms with Crippen molar-refractivity contribution in [3.63, 3.8) is 0 Å². The van der Waals surface area contributed by atoms with Gasteiger partial charge in [-0.2, -0.15) is 4.99 Å². The highest BCUT2D eigenvalue weighted by Gasteiger charge is 2.22. The lowest BCUT2D eigenvalue weighted by molar-refractivity contribution is -0.118. The van der Waals surface area contributed by atoms with Gasteiger partial charge in [-0.15, -0.1) is 0 Å². The first-order valence-electron chi connectivity index (χ1n) is 4.96. The van der Waals surface area contributed by atoms with E-state index in [0.717, 1.165) is 4.47 Å². The van der Waals surface area contributed by atoms with Gasteiger partial charge in [-0.3, -0.25) is 14.9 Å². The first kappa shape index (κ1) is 11.8. The van der Waals surface area contributed by atoms with Gasteiger partial charge in [-0.05, 0) is 24.3 Å². The molecule has 2 amide bonds. The molecule has 6 heteroatoms. The van der Waals surface area contributed by atoms with Gasteiger partial charge in [0, 0.05) is 17.1 Å². The van der Waals surface area contributed by atoms with Crippen molar-refractivity contribution in [2.24, 2.45) is 4.99 Å². The lowest BCUT2D eigenvalue weighted by Crippen LogP contribution is -2.28. The Morgan fingerprint density at radius 3 is 2.59 bits per heavy atom. The number of amides is 2. The summed E-state index contributed by atoms with van der Waals surface area (Å²) in [5, 5.41) is 2.52. The summed E-state index contributed by atoms with van der Waals surface area (Å²) in [6.45, 7) is 0.229. The number of hydrogen-bond donors (Lipinski definition) is 1. The summed E-state index contributed by atoms with van der Waals surface area (Å²) in [5.74, 6) is -0.237. The van der Waals surface area contributed by atoms with Crippen molar-refractivity contribution < 1.29 is 9.59 Å². The van der Waals surface area contributed by atoms with Crippen molar-refractivity contribution >= 4 is 33.7 Å². The largest absolute Gasteiger partial charge is 0.336 e. The lowest BCUT2D eigenvalue weighted by atomic mass is 10.2. The van der Waals surface area contributed by atoms with E-state index in [0.29, 0.717) is 11.5 Å². The van der Waals surface area contributed by atoms with Crippen molar-refractivity contribution in [1.29, 1.82) is 0 Å². The van der Waals surface area contributed by atoms with Crippen LogP contribution in [0.2, 0.25) is 0 Å². The summed E-state index contributed by atoms with van der Waals surface area (Å²) in [7, 11) is 1.70. The van der Waals surface area contributed by atoms with E-state index in [4.69, 9.17) is 0 Å². The maximum Gasteiger partial charge on any atom is 0.280 e. The fourth-order valence-corrected chi connectivity index (χ4v) is 1.68. The number of halogens is 1. The molecule has 1 heterocycles. The van der Waals surface area contributed by atoms with E-state index in [1.807, 2.05) is 0 Å². The summed E-state index contributed by atoms with van der Waals surface area (Å²) in [5.41, 5.74) is 0.482. The molecule has 1 N–H and O–H groups in total. The van der Waals surface area contributed by atoms with Gasteiger partial charge in [-0.1, -0.05) is 15.9 Å². The highest BCUT2D eigenvalue weighted by Crippen LogP contribution is 2.11. The maximum absolute atomic E-state index is 11.8. The first-order valence-corrected chi connectivity index (χ1v) is 5.75. The topological polar surface area (TPSA) is 61.8 Å². The van der Waals surface area contributed by atoms with Gasteiger partial charge in [0.1, 0.15) is 0 Å². The Kier molecular flexibility index (Phi) is 3.23. The van der Waals surface area contributed by atoms with Crippen LogP contribution in [0.1, 0.15) is 10.4 Å². The van der Waals surface area contributed by atoms with Crippen LogP contribution in [0.5, 0.6) is 0 Å². The molecule has 0 radical (unpaired) electrons. The van der Waals surface area contributed by atoms with Crippen LogP contribution in [-0.4, -0.2) is 36.3 Å². The molecule has 0 bridgehead atoms. The number of guanidine groups is 1. The molecule has 88 valence electrons. The van der Waals surface area contributed by atoms with E-state index in [2.05, 4.69) is 26.2 Å². The average molecular weight is 296 g/mol. The fraction of sp³-hybridized carbons (Fsp3) is 0.182. The van der Waals surface area contributed by atoms with Crippen LogP contribution in [0.15, 0.2) is 33.7 Å². The summed E-state index contributed by atoms with van der Waals surface area (Å²) < 4.78 is 0.896. The van der Waals surface area contributed by atoms with Gasteiger partial charge in [0.15, 0.2) is 0 Å². The molecule has 1 aromatic rings. The van der Waals surface area contributed by atoms with E-state index in [9.17, 15) is 9.59 Å². The van der Waals surface area contributed by atoms with E-state index in [1.165, 1.54) is 0 Å². The van der Waals surface area contributed by atoms with Gasteiger partial charge < -0.3 is 4.90 Å². The molecule has 0 saturated carbocycles. The third kappa shape index (κ3) is 2.71. The third-order valence-corrected chi connectivity index (χ3v) is 2.82. The first-order chi connectivity index (χ1) is 8.06. The molecular weight excluding hydrogens is 286 g/mol. The predicted octanol–water partition coefficient (Wildman–Crippen LogP) is 1.01. The zero-order valence-electron chi connectivity index (χ0n) is 9.11. The molecule has 17 heavy (non-hydrogen) atoms. The average Bonchev–Trinajstić information content (AvgIpc) is 2.58. The smallest absolute Gasteiger partial charge is 0.280 e. The second-order valence-corrected chi connectivity index (χ2v) is 4.57. The van der Waals surface area contributed by atoms with E-state index >= 15 is 0 Å². The molecule has 0 spiro atoms. The second-order valence-electron chi connectivity index (χ2n) is 3.65. The van der Waals surface area contributed by atoms with Crippen LogP contribution in [0.3, 0.4) is 0 Å². The van der Waals surface area contributed by atoms with Gasteiger partial charge in [0.05, 0.1) is 6.54 Å². The Bertz CT molecular complexity index is 496.